The molecule has 0 saturated heterocycles. The maximum absolute atomic E-state index is 12.3. The van der Waals surface area contributed by atoms with Crippen LogP contribution in [0.4, 0.5) is 5.69 Å². The van der Waals surface area contributed by atoms with E-state index in [4.69, 9.17) is 23.2 Å². The van der Waals surface area contributed by atoms with Crippen LogP contribution in [0.1, 0.15) is 15.9 Å². The molecule has 0 aliphatic carbocycles. The van der Waals surface area contributed by atoms with Gasteiger partial charge in [0.25, 0.3) is 5.91 Å². The van der Waals surface area contributed by atoms with Gasteiger partial charge in [0, 0.05) is 21.8 Å². The van der Waals surface area contributed by atoms with Crippen molar-refractivity contribution in [2.45, 2.75) is 0 Å². The van der Waals surface area contributed by atoms with Crippen LogP contribution in [0.3, 0.4) is 0 Å². The van der Waals surface area contributed by atoms with Crippen LogP contribution in [0.25, 0.3) is 5.57 Å². The Morgan fingerprint density at radius 2 is 1.86 bits per heavy atom. The summed E-state index contributed by atoms with van der Waals surface area (Å²) in [5.41, 5.74) is 2.05. The molecule has 0 bridgehead atoms. The Hall–Kier alpha value is -2.10. The predicted molar refractivity (Wildman–Crippen MR) is 83.8 cm³/mol. The van der Waals surface area contributed by atoms with E-state index in [0.717, 1.165) is 0 Å². The largest absolute Gasteiger partial charge is 0.321 e. The molecular weight excluding hydrogens is 309 g/mol. The number of halogens is 2. The molecule has 0 unspecified atom stereocenters. The molecule has 0 aromatic heterocycles. The second-order valence-corrected chi connectivity index (χ2v) is 5.39. The molecule has 3 nitrogen and oxygen atoms in total. The van der Waals surface area contributed by atoms with Gasteiger partial charge in [-0.1, -0.05) is 41.4 Å². The predicted octanol–water partition coefficient (Wildman–Crippen LogP) is 4.21. The maximum Gasteiger partial charge on any atom is 0.256 e. The van der Waals surface area contributed by atoms with E-state index in [1.165, 1.54) is 12.1 Å². The number of carbonyl (C=O) groups excluding carboxylic acids is 2. The Morgan fingerprint density at radius 3 is 2.62 bits per heavy atom. The van der Waals surface area contributed by atoms with Crippen molar-refractivity contribution in [3.05, 3.63) is 69.7 Å². The highest BCUT2D eigenvalue weighted by Crippen LogP contribution is 2.32. The lowest BCUT2D eigenvalue weighted by molar-refractivity contribution is -0.110. The Balaban J connectivity index is 2.02. The molecule has 1 amide bonds. The Morgan fingerprint density at radius 1 is 1.10 bits per heavy atom. The number of allylic oxidation sites excluding steroid dienone is 1. The smallest absolute Gasteiger partial charge is 0.256 e. The van der Waals surface area contributed by atoms with Crippen LogP contribution >= 0.6 is 23.2 Å². The summed E-state index contributed by atoms with van der Waals surface area (Å²) in [6.07, 6.45) is 1.30. The lowest BCUT2D eigenvalue weighted by Crippen LogP contribution is -2.06. The maximum atomic E-state index is 12.3. The molecule has 0 saturated carbocycles. The van der Waals surface area contributed by atoms with Crippen LogP contribution in [0.5, 0.6) is 0 Å². The number of fused-ring (bicyclic) bond motifs is 1. The average Bonchev–Trinajstić information content (AvgIpc) is 2.75. The van der Waals surface area contributed by atoms with Gasteiger partial charge in [0.1, 0.15) is 0 Å². The Labute approximate surface area is 131 Å². The highest BCUT2D eigenvalue weighted by molar-refractivity contribution is 6.39. The molecular formula is C16H9Cl2NO2. The zero-order valence-electron chi connectivity index (χ0n) is 10.7. The second kappa shape index (κ2) is 5.35. The summed E-state index contributed by atoms with van der Waals surface area (Å²) >= 11 is 11.8. The quantitative estimate of drug-likeness (QED) is 0.666. The summed E-state index contributed by atoms with van der Waals surface area (Å²) < 4.78 is 0. The van der Waals surface area contributed by atoms with Gasteiger partial charge in [-0.2, -0.15) is 0 Å². The fourth-order valence-corrected chi connectivity index (χ4v) is 2.68. The van der Waals surface area contributed by atoms with Crippen molar-refractivity contribution in [2.24, 2.45) is 0 Å². The molecule has 0 spiro atoms. The highest BCUT2D eigenvalue weighted by Gasteiger charge is 2.24. The lowest BCUT2D eigenvalue weighted by Gasteiger charge is -2.02. The Bertz CT molecular complexity index is 797. The second-order valence-electron chi connectivity index (χ2n) is 4.55. The lowest BCUT2D eigenvalue weighted by atomic mass is 10.0. The SMILES string of the molecule is O=C1Nc2ccccc2C1=CC(=O)c1ccc(Cl)cc1Cl. The summed E-state index contributed by atoms with van der Waals surface area (Å²) in [4.78, 5) is 24.3. The molecule has 1 heterocycles. The third-order valence-electron chi connectivity index (χ3n) is 3.18. The molecule has 0 fully saturated rings. The molecule has 1 aliphatic rings. The van der Waals surface area contributed by atoms with Gasteiger partial charge in [-0.15, -0.1) is 0 Å². The van der Waals surface area contributed by atoms with E-state index in [0.29, 0.717) is 27.4 Å². The monoisotopic (exact) mass is 317 g/mol. The van der Waals surface area contributed by atoms with Crippen LogP contribution in [0.2, 0.25) is 10.0 Å². The van der Waals surface area contributed by atoms with Crippen LogP contribution in [-0.2, 0) is 4.79 Å². The van der Waals surface area contributed by atoms with Gasteiger partial charge < -0.3 is 5.32 Å². The number of hydrogen-bond acceptors (Lipinski definition) is 2. The standard InChI is InChI=1S/C16H9Cl2NO2/c17-9-5-6-11(13(18)7-9)15(20)8-12-10-3-1-2-4-14(10)19-16(12)21/h1-8H,(H,19,21). The van der Waals surface area contributed by atoms with E-state index in [-0.39, 0.29) is 16.7 Å². The van der Waals surface area contributed by atoms with Crippen LogP contribution in [-0.4, -0.2) is 11.7 Å². The molecule has 1 aliphatic heterocycles. The molecule has 2 aromatic carbocycles. The van der Waals surface area contributed by atoms with Gasteiger partial charge >= 0.3 is 0 Å². The van der Waals surface area contributed by atoms with Crippen molar-refractivity contribution in [1.29, 1.82) is 0 Å². The number of carbonyl (C=O) groups is 2. The number of rotatable bonds is 2. The summed E-state index contributed by atoms with van der Waals surface area (Å²) in [6, 6.07) is 11.8. The highest BCUT2D eigenvalue weighted by atomic mass is 35.5. The normalized spacial score (nSPS) is 15.0. The van der Waals surface area contributed by atoms with Crippen molar-refractivity contribution in [3.8, 4) is 0 Å². The van der Waals surface area contributed by atoms with E-state index < -0.39 is 0 Å². The summed E-state index contributed by atoms with van der Waals surface area (Å²) in [5, 5.41) is 3.43. The van der Waals surface area contributed by atoms with Crippen LogP contribution < -0.4 is 5.32 Å². The molecule has 0 atom stereocenters. The zero-order chi connectivity index (χ0) is 15.0. The molecule has 3 rings (SSSR count). The van der Waals surface area contributed by atoms with Crippen molar-refractivity contribution in [1.82, 2.24) is 0 Å². The number of nitrogens with one attached hydrogen (secondary N) is 1. The minimum atomic E-state index is -0.335. The summed E-state index contributed by atoms with van der Waals surface area (Å²) in [7, 11) is 0. The fourth-order valence-electron chi connectivity index (χ4n) is 2.18. The number of benzene rings is 2. The van der Waals surface area contributed by atoms with E-state index in [1.54, 1.807) is 24.3 Å². The van der Waals surface area contributed by atoms with Gasteiger partial charge in [-0.25, -0.2) is 0 Å². The molecule has 104 valence electrons. The van der Waals surface area contributed by atoms with Gasteiger partial charge in [0.2, 0.25) is 0 Å². The number of hydrogen-bond donors (Lipinski definition) is 1. The molecule has 5 heteroatoms. The third kappa shape index (κ3) is 2.58. The Kier molecular flexibility index (Phi) is 3.53. The molecule has 21 heavy (non-hydrogen) atoms. The van der Waals surface area contributed by atoms with E-state index in [2.05, 4.69) is 5.32 Å². The van der Waals surface area contributed by atoms with Crippen LogP contribution in [0.15, 0.2) is 48.5 Å². The van der Waals surface area contributed by atoms with Crippen molar-refractivity contribution < 1.29 is 9.59 Å². The summed E-state index contributed by atoms with van der Waals surface area (Å²) in [5.74, 6) is -0.631. The third-order valence-corrected chi connectivity index (χ3v) is 3.73. The van der Waals surface area contributed by atoms with Crippen molar-refractivity contribution in [2.75, 3.05) is 5.32 Å². The van der Waals surface area contributed by atoms with Gasteiger partial charge in [0.05, 0.1) is 10.6 Å². The van der Waals surface area contributed by atoms with Crippen molar-refractivity contribution >= 4 is 46.2 Å². The minimum absolute atomic E-state index is 0.260. The molecule has 0 radical (unpaired) electrons. The van der Waals surface area contributed by atoms with E-state index in [1.807, 2.05) is 12.1 Å². The van der Waals surface area contributed by atoms with Gasteiger partial charge in [0.15, 0.2) is 5.78 Å². The number of amides is 1. The number of anilines is 1. The number of para-hydroxylation sites is 1. The van der Waals surface area contributed by atoms with E-state index in [9.17, 15) is 9.59 Å². The first-order valence-corrected chi connectivity index (χ1v) is 6.93. The van der Waals surface area contributed by atoms with Crippen LogP contribution in [0, 0.1) is 0 Å². The van der Waals surface area contributed by atoms with Crippen molar-refractivity contribution in [3.63, 3.8) is 0 Å². The first-order chi connectivity index (χ1) is 10.1. The molecule has 1 N–H and O–H groups in total. The zero-order valence-corrected chi connectivity index (χ0v) is 12.2. The first-order valence-electron chi connectivity index (χ1n) is 6.18. The van der Waals surface area contributed by atoms with E-state index >= 15 is 0 Å². The topological polar surface area (TPSA) is 46.2 Å². The number of ketones is 1. The van der Waals surface area contributed by atoms with Gasteiger partial charge in [-0.05, 0) is 30.3 Å². The molecule has 2 aromatic rings. The summed E-state index contributed by atoms with van der Waals surface area (Å²) in [6.45, 7) is 0. The fraction of sp³-hybridized carbons (Fsp3) is 0. The van der Waals surface area contributed by atoms with Gasteiger partial charge in [-0.3, -0.25) is 9.59 Å². The first kappa shape index (κ1) is 13.9. The average molecular weight is 318 g/mol. The minimum Gasteiger partial charge on any atom is -0.321 e.